The van der Waals surface area contributed by atoms with Crippen LogP contribution in [0.15, 0.2) is 34.2 Å². The van der Waals surface area contributed by atoms with Gasteiger partial charge in [0.2, 0.25) is 0 Å². The molecular weight excluding hydrogens is 298 g/mol. The number of thioether (sulfide) groups is 1. The van der Waals surface area contributed by atoms with Crippen LogP contribution in [-0.2, 0) is 12.8 Å². The van der Waals surface area contributed by atoms with Gasteiger partial charge in [0.15, 0.2) is 5.16 Å². The SMILES string of the molecule is Nc1cc(=O)[nH]c(SCCCOc2ccc3c(c2)CCC3)n1. The number of ether oxygens (including phenoxy) is 1. The number of nitrogens with two attached hydrogens (primary N) is 1. The Labute approximate surface area is 133 Å². The van der Waals surface area contributed by atoms with Gasteiger partial charge < -0.3 is 15.5 Å². The van der Waals surface area contributed by atoms with Crippen LogP contribution in [0.25, 0.3) is 0 Å². The molecule has 22 heavy (non-hydrogen) atoms. The Morgan fingerprint density at radius 1 is 1.27 bits per heavy atom. The van der Waals surface area contributed by atoms with E-state index in [1.54, 1.807) is 0 Å². The smallest absolute Gasteiger partial charge is 0.253 e. The normalized spacial score (nSPS) is 13.1. The highest BCUT2D eigenvalue weighted by Gasteiger charge is 2.11. The summed E-state index contributed by atoms with van der Waals surface area (Å²) >= 11 is 1.48. The maximum atomic E-state index is 11.3. The van der Waals surface area contributed by atoms with Crippen molar-refractivity contribution < 1.29 is 4.74 Å². The quantitative estimate of drug-likeness (QED) is 0.486. The molecule has 1 heterocycles. The lowest BCUT2D eigenvalue weighted by molar-refractivity contribution is 0.318. The van der Waals surface area contributed by atoms with E-state index in [0.717, 1.165) is 24.3 Å². The molecular formula is C16H19N3O2S. The van der Waals surface area contributed by atoms with Crippen molar-refractivity contribution in [2.24, 2.45) is 0 Å². The largest absolute Gasteiger partial charge is 0.494 e. The second-order valence-corrected chi connectivity index (χ2v) is 6.39. The summed E-state index contributed by atoms with van der Waals surface area (Å²) in [6, 6.07) is 7.66. The van der Waals surface area contributed by atoms with Gasteiger partial charge in [-0.3, -0.25) is 4.79 Å². The van der Waals surface area contributed by atoms with Crippen molar-refractivity contribution in [3.05, 3.63) is 45.7 Å². The van der Waals surface area contributed by atoms with Gasteiger partial charge in [-0.1, -0.05) is 17.8 Å². The highest BCUT2D eigenvalue weighted by atomic mass is 32.2. The number of hydrogen-bond donors (Lipinski definition) is 2. The molecule has 1 aromatic heterocycles. The van der Waals surface area contributed by atoms with Crippen molar-refractivity contribution in [1.82, 2.24) is 9.97 Å². The topological polar surface area (TPSA) is 81.0 Å². The zero-order valence-electron chi connectivity index (χ0n) is 12.3. The van der Waals surface area contributed by atoms with Crippen LogP contribution in [0.5, 0.6) is 5.75 Å². The number of aromatic nitrogens is 2. The molecule has 1 aromatic carbocycles. The van der Waals surface area contributed by atoms with Crippen molar-refractivity contribution in [2.45, 2.75) is 30.8 Å². The van der Waals surface area contributed by atoms with Gasteiger partial charge in [-0.05, 0) is 48.9 Å². The zero-order valence-corrected chi connectivity index (χ0v) is 13.1. The van der Waals surface area contributed by atoms with Gasteiger partial charge in [-0.2, -0.15) is 0 Å². The number of nitrogen functional groups attached to an aromatic ring is 1. The second-order valence-electron chi connectivity index (χ2n) is 5.31. The Bertz CT molecular complexity index is 715. The standard InChI is InChI=1S/C16H19N3O2S/c17-14-10-15(20)19-16(18-14)22-8-2-7-21-13-6-5-11-3-1-4-12(11)9-13/h5-6,9-10H,1-4,7-8H2,(H3,17,18,19,20). The maximum absolute atomic E-state index is 11.3. The molecule has 0 amide bonds. The first-order chi connectivity index (χ1) is 10.7. The van der Waals surface area contributed by atoms with Crippen LogP contribution >= 0.6 is 11.8 Å². The molecule has 0 saturated heterocycles. The third-order valence-electron chi connectivity index (χ3n) is 3.61. The van der Waals surface area contributed by atoms with Crippen LogP contribution in [0.2, 0.25) is 0 Å². The lowest BCUT2D eigenvalue weighted by atomic mass is 10.1. The molecule has 0 fully saturated rings. The summed E-state index contributed by atoms with van der Waals surface area (Å²) in [5.74, 6) is 2.01. The molecule has 5 nitrogen and oxygen atoms in total. The predicted octanol–water partition coefficient (Wildman–Crippen LogP) is 2.40. The lowest BCUT2D eigenvalue weighted by Crippen LogP contribution is -2.09. The van der Waals surface area contributed by atoms with E-state index >= 15 is 0 Å². The number of hydrogen-bond acceptors (Lipinski definition) is 5. The summed E-state index contributed by atoms with van der Waals surface area (Å²) < 4.78 is 5.79. The molecule has 0 unspecified atom stereocenters. The van der Waals surface area contributed by atoms with Crippen molar-refractivity contribution in [1.29, 1.82) is 0 Å². The van der Waals surface area contributed by atoms with E-state index in [2.05, 4.69) is 22.1 Å². The number of rotatable bonds is 6. The Hall–Kier alpha value is -1.95. The number of anilines is 1. The van der Waals surface area contributed by atoms with E-state index in [0.29, 0.717) is 11.8 Å². The van der Waals surface area contributed by atoms with Crippen LogP contribution in [0, 0.1) is 0 Å². The first-order valence-corrected chi connectivity index (χ1v) is 8.43. The summed E-state index contributed by atoms with van der Waals surface area (Å²) in [6.45, 7) is 0.651. The summed E-state index contributed by atoms with van der Waals surface area (Å²) in [7, 11) is 0. The van der Waals surface area contributed by atoms with Crippen molar-refractivity contribution in [3.63, 3.8) is 0 Å². The number of benzene rings is 1. The molecule has 0 aliphatic heterocycles. The van der Waals surface area contributed by atoms with Gasteiger partial charge >= 0.3 is 0 Å². The van der Waals surface area contributed by atoms with Gasteiger partial charge in [0, 0.05) is 11.8 Å². The van der Waals surface area contributed by atoms with E-state index in [1.165, 1.54) is 41.8 Å². The highest BCUT2D eigenvalue weighted by molar-refractivity contribution is 7.99. The fourth-order valence-electron chi connectivity index (χ4n) is 2.58. The zero-order chi connectivity index (χ0) is 15.4. The van der Waals surface area contributed by atoms with Gasteiger partial charge in [-0.25, -0.2) is 4.98 Å². The molecule has 2 aromatic rings. The van der Waals surface area contributed by atoms with Gasteiger partial charge in [0.05, 0.1) is 6.61 Å². The van der Waals surface area contributed by atoms with Crippen LogP contribution < -0.4 is 16.0 Å². The van der Waals surface area contributed by atoms with Gasteiger partial charge in [-0.15, -0.1) is 0 Å². The molecule has 0 bridgehead atoms. The summed E-state index contributed by atoms with van der Waals surface area (Å²) in [5, 5.41) is 0.558. The third-order valence-corrected chi connectivity index (χ3v) is 4.57. The molecule has 116 valence electrons. The highest BCUT2D eigenvalue weighted by Crippen LogP contribution is 2.26. The van der Waals surface area contributed by atoms with Crippen molar-refractivity contribution >= 4 is 17.6 Å². The molecule has 0 atom stereocenters. The van der Waals surface area contributed by atoms with E-state index in [1.807, 2.05) is 6.07 Å². The van der Waals surface area contributed by atoms with Gasteiger partial charge in [0.1, 0.15) is 11.6 Å². The maximum Gasteiger partial charge on any atom is 0.253 e. The molecule has 0 spiro atoms. The first kappa shape index (κ1) is 15.0. The second kappa shape index (κ2) is 6.87. The molecule has 1 aliphatic rings. The number of aryl methyl sites for hydroxylation is 2. The number of aromatic amines is 1. The fraction of sp³-hybridized carbons (Fsp3) is 0.375. The number of fused-ring (bicyclic) bond motifs is 1. The van der Waals surface area contributed by atoms with Crippen molar-refractivity contribution in [2.75, 3.05) is 18.1 Å². The molecule has 1 aliphatic carbocycles. The Morgan fingerprint density at radius 2 is 2.14 bits per heavy atom. The summed E-state index contributed by atoms with van der Waals surface area (Å²) in [5.41, 5.74) is 8.21. The van der Waals surface area contributed by atoms with E-state index in [-0.39, 0.29) is 11.4 Å². The Morgan fingerprint density at radius 3 is 3.00 bits per heavy atom. The van der Waals surface area contributed by atoms with E-state index in [9.17, 15) is 4.79 Å². The molecule has 0 saturated carbocycles. The van der Waals surface area contributed by atoms with E-state index < -0.39 is 0 Å². The average molecular weight is 317 g/mol. The first-order valence-electron chi connectivity index (χ1n) is 7.45. The summed E-state index contributed by atoms with van der Waals surface area (Å²) in [4.78, 5) is 18.0. The average Bonchev–Trinajstić information content (AvgIpc) is 2.93. The molecule has 6 heteroatoms. The predicted molar refractivity (Wildman–Crippen MR) is 88.6 cm³/mol. The number of nitrogens with one attached hydrogen (secondary N) is 1. The minimum Gasteiger partial charge on any atom is -0.494 e. The summed E-state index contributed by atoms with van der Waals surface area (Å²) in [6.07, 6.45) is 4.48. The van der Waals surface area contributed by atoms with Crippen LogP contribution in [0.4, 0.5) is 5.82 Å². The van der Waals surface area contributed by atoms with E-state index in [4.69, 9.17) is 10.5 Å². The monoisotopic (exact) mass is 317 g/mol. The third kappa shape index (κ3) is 3.82. The van der Waals surface area contributed by atoms with Crippen LogP contribution in [-0.4, -0.2) is 22.3 Å². The van der Waals surface area contributed by atoms with Crippen LogP contribution in [0.3, 0.4) is 0 Å². The van der Waals surface area contributed by atoms with Gasteiger partial charge in [0.25, 0.3) is 5.56 Å². The minimum absolute atomic E-state index is 0.218. The number of nitrogens with zero attached hydrogens (tertiary/aromatic N) is 1. The lowest BCUT2D eigenvalue weighted by Gasteiger charge is -2.08. The number of H-pyrrole nitrogens is 1. The van der Waals surface area contributed by atoms with Crippen molar-refractivity contribution in [3.8, 4) is 5.75 Å². The Balaban J connectivity index is 1.43. The molecule has 3 N–H and O–H groups in total. The molecule has 3 rings (SSSR count). The Kier molecular flexibility index (Phi) is 4.68. The van der Waals surface area contributed by atoms with Crippen LogP contribution in [0.1, 0.15) is 24.0 Å². The fourth-order valence-corrected chi connectivity index (χ4v) is 3.38. The molecule has 0 radical (unpaired) electrons. The minimum atomic E-state index is -0.218.